The zero-order valence-electron chi connectivity index (χ0n) is 16.3. The Balaban J connectivity index is 1.32. The van der Waals surface area contributed by atoms with Crippen LogP contribution in [0.5, 0.6) is 0 Å². The van der Waals surface area contributed by atoms with Crippen LogP contribution in [0.25, 0.3) is 0 Å². The highest BCUT2D eigenvalue weighted by Gasteiger charge is 2.29. The maximum atomic E-state index is 12.7. The van der Waals surface area contributed by atoms with E-state index in [2.05, 4.69) is 15.5 Å². The normalized spacial score (nSPS) is 19.1. The van der Waals surface area contributed by atoms with Crippen molar-refractivity contribution in [2.45, 2.75) is 32.1 Å². The average Bonchev–Trinajstić information content (AvgIpc) is 3.20. The molecule has 150 valence electrons. The van der Waals surface area contributed by atoms with Gasteiger partial charge in [-0.3, -0.25) is 0 Å². The van der Waals surface area contributed by atoms with E-state index in [0.29, 0.717) is 31.2 Å². The summed E-state index contributed by atoms with van der Waals surface area (Å²) < 4.78 is 11.3. The zero-order valence-corrected chi connectivity index (χ0v) is 16.3. The van der Waals surface area contributed by atoms with E-state index in [1.807, 2.05) is 67.6 Å². The highest BCUT2D eigenvalue weighted by atomic mass is 16.5. The summed E-state index contributed by atoms with van der Waals surface area (Å²) in [5.74, 6) is 0.995. The van der Waals surface area contributed by atoms with E-state index in [1.165, 1.54) is 0 Å². The van der Waals surface area contributed by atoms with Gasteiger partial charge in [-0.2, -0.15) is 4.98 Å². The van der Waals surface area contributed by atoms with Gasteiger partial charge in [0.1, 0.15) is 6.10 Å². The molecule has 1 aliphatic heterocycles. The van der Waals surface area contributed by atoms with E-state index in [9.17, 15) is 4.79 Å². The monoisotopic (exact) mass is 392 g/mol. The van der Waals surface area contributed by atoms with E-state index in [4.69, 9.17) is 9.26 Å². The van der Waals surface area contributed by atoms with Crippen molar-refractivity contribution < 1.29 is 14.1 Å². The van der Waals surface area contributed by atoms with Gasteiger partial charge in [0, 0.05) is 13.0 Å². The van der Waals surface area contributed by atoms with Crippen LogP contribution in [0.2, 0.25) is 0 Å². The number of hydrogen-bond acceptors (Lipinski definition) is 5. The predicted molar refractivity (Wildman–Crippen MR) is 107 cm³/mol. The number of carbonyl (C=O) groups excluding carboxylic acids is 1. The van der Waals surface area contributed by atoms with Gasteiger partial charge in [0.15, 0.2) is 5.82 Å². The topological polar surface area (TPSA) is 80.5 Å². The average molecular weight is 392 g/mol. The van der Waals surface area contributed by atoms with Crippen molar-refractivity contribution in [3.8, 4) is 0 Å². The molecule has 7 nitrogen and oxygen atoms in total. The van der Waals surface area contributed by atoms with E-state index < -0.39 is 0 Å². The highest BCUT2D eigenvalue weighted by molar-refractivity contribution is 5.74. The Labute approximate surface area is 169 Å². The molecule has 1 N–H and O–H groups in total. The van der Waals surface area contributed by atoms with Gasteiger partial charge in [-0.05, 0) is 18.1 Å². The van der Waals surface area contributed by atoms with Crippen LogP contribution in [-0.4, -0.2) is 40.3 Å². The fourth-order valence-corrected chi connectivity index (χ4v) is 3.44. The highest BCUT2D eigenvalue weighted by Crippen LogP contribution is 2.25. The number of benzene rings is 2. The predicted octanol–water partition coefficient (Wildman–Crippen LogP) is 3.33. The van der Waals surface area contributed by atoms with Crippen LogP contribution in [0.1, 0.15) is 35.9 Å². The number of ether oxygens (including phenoxy) is 1. The van der Waals surface area contributed by atoms with Gasteiger partial charge in [-0.1, -0.05) is 65.8 Å². The number of nitrogens with one attached hydrogen (secondary N) is 1. The fraction of sp³-hybridized carbons (Fsp3) is 0.318. The van der Waals surface area contributed by atoms with Crippen molar-refractivity contribution in [2.75, 3.05) is 13.1 Å². The first kappa shape index (κ1) is 19.1. The van der Waals surface area contributed by atoms with Crippen molar-refractivity contribution >= 4 is 6.03 Å². The summed E-state index contributed by atoms with van der Waals surface area (Å²) in [5, 5.41) is 6.87. The molecule has 29 heavy (non-hydrogen) atoms. The maximum Gasteiger partial charge on any atom is 0.318 e. The first-order valence-corrected chi connectivity index (χ1v) is 9.76. The Morgan fingerprint density at radius 3 is 2.59 bits per heavy atom. The van der Waals surface area contributed by atoms with Crippen molar-refractivity contribution in [1.82, 2.24) is 20.4 Å². The molecule has 2 amide bonds. The Kier molecular flexibility index (Phi) is 5.86. The molecule has 2 aromatic carbocycles. The van der Waals surface area contributed by atoms with Crippen LogP contribution in [0, 0.1) is 0 Å². The number of rotatable bonds is 5. The molecule has 2 atom stereocenters. The van der Waals surface area contributed by atoms with Gasteiger partial charge in [0.05, 0.1) is 19.2 Å². The Morgan fingerprint density at radius 1 is 1.10 bits per heavy atom. The van der Waals surface area contributed by atoms with Crippen LogP contribution in [0.3, 0.4) is 0 Å². The van der Waals surface area contributed by atoms with Crippen molar-refractivity contribution in [3.05, 3.63) is 83.5 Å². The molecule has 7 heteroatoms. The molecule has 0 saturated carbocycles. The summed E-state index contributed by atoms with van der Waals surface area (Å²) in [4.78, 5) is 18.8. The lowest BCUT2D eigenvalue weighted by Crippen LogP contribution is -2.49. The van der Waals surface area contributed by atoms with Gasteiger partial charge in [0.2, 0.25) is 5.89 Å². The molecule has 0 aliphatic carbocycles. The second kappa shape index (κ2) is 8.87. The molecule has 1 aliphatic rings. The molecule has 1 aromatic heterocycles. The molecule has 3 aromatic rings. The van der Waals surface area contributed by atoms with Crippen molar-refractivity contribution in [1.29, 1.82) is 0 Å². The van der Waals surface area contributed by atoms with E-state index >= 15 is 0 Å². The fourth-order valence-electron chi connectivity index (χ4n) is 3.44. The van der Waals surface area contributed by atoms with Gasteiger partial charge < -0.3 is 19.5 Å². The molecule has 1 fully saturated rings. The van der Waals surface area contributed by atoms with Gasteiger partial charge in [-0.25, -0.2) is 4.79 Å². The molecular formula is C22H24N4O3. The molecule has 0 bridgehead atoms. The van der Waals surface area contributed by atoms with Crippen LogP contribution in [0.15, 0.2) is 65.2 Å². The molecule has 4 rings (SSSR count). The third-order valence-corrected chi connectivity index (χ3v) is 4.82. The molecule has 2 unspecified atom stereocenters. The number of aromatic nitrogens is 2. The lowest BCUT2D eigenvalue weighted by atomic mass is 10.1. The Morgan fingerprint density at radius 2 is 1.83 bits per heavy atom. The number of carbonyl (C=O) groups is 1. The second-order valence-electron chi connectivity index (χ2n) is 7.18. The minimum absolute atomic E-state index is 0.0411. The quantitative estimate of drug-likeness (QED) is 0.720. The zero-order chi connectivity index (χ0) is 20.1. The molecule has 0 radical (unpaired) electrons. The van der Waals surface area contributed by atoms with Crippen LogP contribution < -0.4 is 5.32 Å². The number of morpholine rings is 1. The first-order valence-electron chi connectivity index (χ1n) is 9.76. The summed E-state index contributed by atoms with van der Waals surface area (Å²) >= 11 is 0. The standard InChI is InChI=1S/C22H24N4O3/c1-16-14-26(15-19(28-16)18-10-6-3-7-11-18)22(27)23-13-21-24-20(25-29-21)12-17-8-4-2-5-9-17/h2-11,16,19H,12-15H2,1H3,(H,23,27). The smallest absolute Gasteiger partial charge is 0.318 e. The summed E-state index contributed by atoms with van der Waals surface area (Å²) in [6.07, 6.45) is 0.421. The molecule has 0 spiro atoms. The lowest BCUT2D eigenvalue weighted by Gasteiger charge is -2.36. The van der Waals surface area contributed by atoms with Gasteiger partial charge in [0.25, 0.3) is 0 Å². The third kappa shape index (κ3) is 5.00. The van der Waals surface area contributed by atoms with Gasteiger partial charge >= 0.3 is 6.03 Å². The number of nitrogens with zero attached hydrogens (tertiary/aromatic N) is 3. The Bertz CT molecular complexity index is 930. The number of amides is 2. The third-order valence-electron chi connectivity index (χ3n) is 4.82. The lowest BCUT2D eigenvalue weighted by molar-refractivity contribution is -0.0657. The molecule has 1 saturated heterocycles. The van der Waals surface area contributed by atoms with Crippen molar-refractivity contribution in [3.63, 3.8) is 0 Å². The minimum Gasteiger partial charge on any atom is -0.367 e. The van der Waals surface area contributed by atoms with E-state index in [1.54, 1.807) is 4.90 Å². The SMILES string of the molecule is CC1CN(C(=O)NCc2nc(Cc3ccccc3)no2)CC(c2ccccc2)O1. The first-order chi connectivity index (χ1) is 14.2. The summed E-state index contributed by atoms with van der Waals surface area (Å²) in [7, 11) is 0. The molecular weight excluding hydrogens is 368 g/mol. The summed E-state index contributed by atoms with van der Waals surface area (Å²) in [6, 6.07) is 19.7. The maximum absolute atomic E-state index is 12.7. The van der Waals surface area contributed by atoms with Gasteiger partial charge in [-0.15, -0.1) is 0 Å². The van der Waals surface area contributed by atoms with Crippen LogP contribution >= 0.6 is 0 Å². The number of hydrogen-bond donors (Lipinski definition) is 1. The summed E-state index contributed by atoms with van der Waals surface area (Å²) in [6.45, 7) is 3.22. The van der Waals surface area contributed by atoms with E-state index in [0.717, 1.165) is 11.1 Å². The minimum atomic E-state index is -0.163. The van der Waals surface area contributed by atoms with E-state index in [-0.39, 0.29) is 24.8 Å². The Hall–Kier alpha value is -3.19. The largest absolute Gasteiger partial charge is 0.367 e. The number of urea groups is 1. The summed E-state index contributed by atoms with van der Waals surface area (Å²) in [5.41, 5.74) is 2.18. The second-order valence-corrected chi connectivity index (χ2v) is 7.18. The molecule has 2 heterocycles. The van der Waals surface area contributed by atoms with Crippen LogP contribution in [0.4, 0.5) is 4.79 Å². The van der Waals surface area contributed by atoms with Crippen molar-refractivity contribution in [2.24, 2.45) is 0 Å². The van der Waals surface area contributed by atoms with Crippen LogP contribution in [-0.2, 0) is 17.7 Å².